The van der Waals surface area contributed by atoms with E-state index in [0.717, 1.165) is 24.1 Å². The van der Waals surface area contributed by atoms with Crippen LogP contribution in [-0.4, -0.2) is 16.7 Å². The van der Waals surface area contributed by atoms with Gasteiger partial charge in [0.1, 0.15) is 5.75 Å². The van der Waals surface area contributed by atoms with Gasteiger partial charge in [-0.3, -0.25) is 14.9 Å². The maximum absolute atomic E-state index is 13.0. The van der Waals surface area contributed by atoms with Gasteiger partial charge in [-0.05, 0) is 25.0 Å². The van der Waals surface area contributed by atoms with Crippen LogP contribution in [0.4, 0.5) is 5.13 Å². The molecule has 1 amide bonds. The molecule has 3 aromatic rings. The molecule has 0 fully saturated rings. The quantitative estimate of drug-likeness (QED) is 0.713. The molecule has 0 saturated carbocycles. The number of thiazole rings is 1. The van der Waals surface area contributed by atoms with Gasteiger partial charge in [0.25, 0.3) is 5.91 Å². The Morgan fingerprint density at radius 2 is 1.74 bits per heavy atom. The average Bonchev–Trinajstić information content (AvgIpc) is 3.11. The number of hydrogen-bond acceptors (Lipinski definition) is 5. The number of nitrogens with zero attached hydrogens (tertiary/aromatic N) is 1. The van der Waals surface area contributed by atoms with E-state index in [0.29, 0.717) is 22.2 Å². The standard InChI is InChI=1S/C21H18N2O3S/c24-17-13-7-12-16-19(17)27-21(22-16)23-20(25)18(14-8-3-1-4-9-14)26-15-10-5-2-6-11-15/h1-6,8-11,18H,7,12-13H2,(H,22,23,25). The first-order valence-electron chi connectivity index (χ1n) is 8.81. The predicted molar refractivity (Wildman–Crippen MR) is 104 cm³/mol. The first kappa shape index (κ1) is 17.4. The van der Waals surface area contributed by atoms with Crippen molar-refractivity contribution in [1.29, 1.82) is 0 Å². The number of aryl methyl sites for hydroxylation is 1. The number of ketones is 1. The second kappa shape index (κ2) is 7.72. The van der Waals surface area contributed by atoms with E-state index in [1.54, 1.807) is 0 Å². The van der Waals surface area contributed by atoms with E-state index in [1.165, 1.54) is 11.3 Å². The molecule has 6 heteroatoms. The minimum absolute atomic E-state index is 0.106. The number of benzene rings is 2. The molecule has 1 aromatic heterocycles. The van der Waals surface area contributed by atoms with E-state index in [1.807, 2.05) is 60.7 Å². The molecule has 27 heavy (non-hydrogen) atoms. The summed E-state index contributed by atoms with van der Waals surface area (Å²) in [4.78, 5) is 30.1. The third-order valence-electron chi connectivity index (χ3n) is 4.34. The van der Waals surface area contributed by atoms with Crippen LogP contribution in [-0.2, 0) is 11.2 Å². The molecule has 2 aromatic carbocycles. The lowest BCUT2D eigenvalue weighted by atomic mass is 10.0. The SMILES string of the molecule is O=C1CCCc2nc(NC(=O)C(Oc3ccccc3)c3ccccc3)sc21. The normalized spacial score (nSPS) is 14.3. The van der Waals surface area contributed by atoms with E-state index < -0.39 is 6.10 Å². The van der Waals surface area contributed by atoms with E-state index >= 15 is 0 Å². The Labute approximate surface area is 161 Å². The van der Waals surface area contributed by atoms with Crippen molar-refractivity contribution in [3.8, 4) is 5.75 Å². The van der Waals surface area contributed by atoms with Crippen molar-refractivity contribution in [1.82, 2.24) is 4.98 Å². The highest BCUT2D eigenvalue weighted by molar-refractivity contribution is 7.17. The number of amides is 1. The molecule has 1 heterocycles. The fourth-order valence-electron chi connectivity index (χ4n) is 3.03. The molecule has 0 spiro atoms. The molecule has 1 aliphatic rings. The zero-order valence-electron chi connectivity index (χ0n) is 14.6. The van der Waals surface area contributed by atoms with Gasteiger partial charge < -0.3 is 4.74 Å². The number of hydrogen-bond donors (Lipinski definition) is 1. The van der Waals surface area contributed by atoms with Crippen LogP contribution >= 0.6 is 11.3 Å². The Kier molecular flexibility index (Phi) is 4.98. The summed E-state index contributed by atoms with van der Waals surface area (Å²) in [5, 5.41) is 3.27. The van der Waals surface area contributed by atoms with E-state index in [2.05, 4.69) is 10.3 Å². The highest BCUT2D eigenvalue weighted by Gasteiger charge is 2.26. The van der Waals surface area contributed by atoms with E-state index in [9.17, 15) is 9.59 Å². The summed E-state index contributed by atoms with van der Waals surface area (Å²) >= 11 is 1.24. The first-order chi connectivity index (χ1) is 13.2. The van der Waals surface area contributed by atoms with Crippen molar-refractivity contribution >= 4 is 28.2 Å². The summed E-state index contributed by atoms with van der Waals surface area (Å²) in [6.45, 7) is 0. The van der Waals surface area contributed by atoms with Crippen LogP contribution in [0.25, 0.3) is 0 Å². The van der Waals surface area contributed by atoms with Crippen LogP contribution in [0, 0.1) is 0 Å². The molecule has 5 nitrogen and oxygen atoms in total. The number of carbonyl (C=O) groups is 2. The molecular formula is C21H18N2O3S. The third-order valence-corrected chi connectivity index (χ3v) is 5.39. The Hall–Kier alpha value is -2.99. The number of aromatic nitrogens is 1. The topological polar surface area (TPSA) is 68.3 Å². The van der Waals surface area contributed by atoms with Gasteiger partial charge >= 0.3 is 0 Å². The Bertz CT molecular complexity index is 954. The van der Waals surface area contributed by atoms with Crippen LogP contribution in [0.5, 0.6) is 5.75 Å². The van der Waals surface area contributed by atoms with Gasteiger partial charge in [-0.25, -0.2) is 4.98 Å². The van der Waals surface area contributed by atoms with Gasteiger partial charge in [-0.15, -0.1) is 0 Å². The molecule has 0 saturated heterocycles. The van der Waals surface area contributed by atoms with Crippen molar-refractivity contribution in [2.45, 2.75) is 25.4 Å². The fourth-order valence-corrected chi connectivity index (χ4v) is 4.01. The minimum Gasteiger partial charge on any atom is -0.476 e. The zero-order valence-corrected chi connectivity index (χ0v) is 15.4. The number of nitrogens with one attached hydrogen (secondary N) is 1. The summed E-state index contributed by atoms with van der Waals surface area (Å²) in [6.07, 6.45) is 1.32. The van der Waals surface area contributed by atoms with Gasteiger partial charge in [0, 0.05) is 12.0 Å². The Morgan fingerprint density at radius 1 is 1.04 bits per heavy atom. The second-order valence-corrected chi connectivity index (χ2v) is 7.28. The average molecular weight is 378 g/mol. The fraction of sp³-hybridized carbons (Fsp3) is 0.190. The van der Waals surface area contributed by atoms with Crippen LogP contribution in [0.3, 0.4) is 0 Å². The largest absolute Gasteiger partial charge is 0.476 e. The Morgan fingerprint density at radius 3 is 2.44 bits per heavy atom. The molecule has 136 valence electrons. The number of para-hydroxylation sites is 1. The first-order valence-corrected chi connectivity index (χ1v) is 9.63. The highest BCUT2D eigenvalue weighted by Crippen LogP contribution is 2.31. The van der Waals surface area contributed by atoms with Gasteiger partial charge in [0.05, 0.1) is 10.6 Å². The molecule has 4 rings (SSSR count). The molecular weight excluding hydrogens is 360 g/mol. The lowest BCUT2D eigenvalue weighted by molar-refractivity contribution is -0.123. The molecule has 1 atom stereocenters. The highest BCUT2D eigenvalue weighted by atomic mass is 32.1. The summed E-state index contributed by atoms with van der Waals surface area (Å²) in [6, 6.07) is 18.5. The molecule has 0 radical (unpaired) electrons. The lowest BCUT2D eigenvalue weighted by Crippen LogP contribution is -2.25. The van der Waals surface area contributed by atoms with Gasteiger partial charge in [0.2, 0.25) is 6.10 Å². The number of fused-ring (bicyclic) bond motifs is 1. The summed E-state index contributed by atoms with van der Waals surface area (Å²) in [7, 11) is 0. The van der Waals surface area contributed by atoms with Crippen LogP contribution < -0.4 is 10.1 Å². The maximum atomic E-state index is 13.0. The summed E-state index contributed by atoms with van der Waals surface area (Å²) in [5.41, 5.74) is 1.53. The molecule has 1 aliphatic carbocycles. The van der Waals surface area contributed by atoms with Crippen LogP contribution in [0.1, 0.15) is 39.9 Å². The zero-order chi connectivity index (χ0) is 18.6. The minimum atomic E-state index is -0.815. The van der Waals surface area contributed by atoms with Gasteiger partial charge in [0.15, 0.2) is 10.9 Å². The predicted octanol–water partition coefficient (Wildman–Crippen LogP) is 4.42. The van der Waals surface area contributed by atoms with Crippen LogP contribution in [0.2, 0.25) is 0 Å². The lowest BCUT2D eigenvalue weighted by Gasteiger charge is -2.18. The molecule has 0 aliphatic heterocycles. The van der Waals surface area contributed by atoms with Crippen molar-refractivity contribution in [2.24, 2.45) is 0 Å². The maximum Gasteiger partial charge on any atom is 0.271 e. The monoisotopic (exact) mass is 378 g/mol. The Balaban J connectivity index is 1.58. The smallest absolute Gasteiger partial charge is 0.271 e. The van der Waals surface area contributed by atoms with E-state index in [-0.39, 0.29) is 11.7 Å². The van der Waals surface area contributed by atoms with Gasteiger partial charge in [-0.2, -0.15) is 0 Å². The summed E-state index contributed by atoms with van der Waals surface area (Å²) < 4.78 is 5.96. The van der Waals surface area contributed by atoms with Gasteiger partial charge in [-0.1, -0.05) is 59.9 Å². The second-order valence-electron chi connectivity index (χ2n) is 6.28. The van der Waals surface area contributed by atoms with Crippen molar-refractivity contribution in [3.63, 3.8) is 0 Å². The van der Waals surface area contributed by atoms with Crippen LogP contribution in [0.15, 0.2) is 60.7 Å². The van der Waals surface area contributed by atoms with Crippen molar-refractivity contribution in [2.75, 3.05) is 5.32 Å². The van der Waals surface area contributed by atoms with E-state index in [4.69, 9.17) is 4.74 Å². The number of rotatable bonds is 5. The number of carbonyl (C=O) groups excluding carboxylic acids is 2. The number of anilines is 1. The van der Waals surface area contributed by atoms with Crippen molar-refractivity contribution < 1.29 is 14.3 Å². The third kappa shape index (κ3) is 3.90. The number of Topliss-reactive ketones (excluding diaryl/α,β-unsaturated/α-hetero) is 1. The molecule has 1 unspecified atom stereocenters. The number of ether oxygens (including phenoxy) is 1. The molecule has 1 N–H and O–H groups in total. The molecule has 0 bridgehead atoms. The van der Waals surface area contributed by atoms with Crippen molar-refractivity contribution in [3.05, 3.63) is 76.8 Å². The summed E-state index contributed by atoms with van der Waals surface area (Å²) in [5.74, 6) is 0.396.